The summed E-state index contributed by atoms with van der Waals surface area (Å²) in [7, 11) is 0. The maximum atomic E-state index is 12.9. The highest BCUT2D eigenvalue weighted by atomic mass is 32.1. The van der Waals surface area contributed by atoms with Gasteiger partial charge in [0.05, 0.1) is 22.0 Å². The van der Waals surface area contributed by atoms with Crippen LogP contribution in [0, 0.1) is 12.8 Å². The molecular formula is C26H29N5OS. The monoisotopic (exact) mass is 459 g/mol. The first-order valence-corrected chi connectivity index (χ1v) is 12.5. The van der Waals surface area contributed by atoms with Crippen LogP contribution in [-0.2, 0) is 17.8 Å². The third-order valence-corrected chi connectivity index (χ3v) is 7.55. The van der Waals surface area contributed by atoms with E-state index in [4.69, 9.17) is 10.1 Å². The van der Waals surface area contributed by atoms with Crippen LogP contribution in [0.15, 0.2) is 54.6 Å². The van der Waals surface area contributed by atoms with Gasteiger partial charge in [0, 0.05) is 19.6 Å². The number of aryl methyl sites for hydroxylation is 2. The third kappa shape index (κ3) is 4.50. The lowest BCUT2D eigenvalue weighted by Gasteiger charge is -2.31. The van der Waals surface area contributed by atoms with Crippen LogP contribution in [-0.4, -0.2) is 33.8 Å². The zero-order chi connectivity index (χ0) is 22.8. The minimum absolute atomic E-state index is 0.0209. The van der Waals surface area contributed by atoms with Gasteiger partial charge in [-0.25, -0.2) is 4.68 Å². The first-order chi connectivity index (χ1) is 16.1. The molecule has 7 heteroatoms. The van der Waals surface area contributed by atoms with Crippen molar-refractivity contribution in [1.82, 2.24) is 20.1 Å². The summed E-state index contributed by atoms with van der Waals surface area (Å²) < 4.78 is 3.03. The van der Waals surface area contributed by atoms with E-state index < -0.39 is 0 Å². The molecule has 1 aliphatic heterocycles. The molecule has 33 heavy (non-hydrogen) atoms. The third-order valence-electron chi connectivity index (χ3n) is 6.34. The van der Waals surface area contributed by atoms with Gasteiger partial charge in [-0.3, -0.25) is 4.79 Å². The van der Waals surface area contributed by atoms with Crippen molar-refractivity contribution < 1.29 is 4.79 Å². The predicted octanol–water partition coefficient (Wildman–Crippen LogP) is 4.89. The number of anilines is 1. The minimum atomic E-state index is -0.0209. The molecule has 1 atom stereocenters. The quantitative estimate of drug-likeness (QED) is 0.446. The van der Waals surface area contributed by atoms with Crippen molar-refractivity contribution in [3.05, 3.63) is 71.4 Å². The van der Waals surface area contributed by atoms with E-state index in [9.17, 15) is 4.79 Å². The summed E-state index contributed by atoms with van der Waals surface area (Å²) in [5.41, 5.74) is 5.34. The Labute approximate surface area is 198 Å². The lowest BCUT2D eigenvalue weighted by Crippen LogP contribution is -2.43. The van der Waals surface area contributed by atoms with Crippen molar-refractivity contribution in [2.24, 2.45) is 5.92 Å². The Morgan fingerprint density at radius 3 is 2.64 bits per heavy atom. The van der Waals surface area contributed by atoms with Gasteiger partial charge in [-0.2, -0.15) is 10.1 Å². The normalized spacial score (nSPS) is 16.3. The van der Waals surface area contributed by atoms with Crippen LogP contribution in [0.3, 0.4) is 0 Å². The molecule has 0 spiro atoms. The summed E-state index contributed by atoms with van der Waals surface area (Å²) >= 11 is 1.67. The lowest BCUT2D eigenvalue weighted by molar-refractivity contribution is -0.125. The number of hydrogen-bond acceptors (Lipinski definition) is 5. The maximum absolute atomic E-state index is 12.9. The number of para-hydroxylation sites is 1. The fraction of sp³-hybridized carbons (Fsp3) is 0.346. The second-order valence-corrected chi connectivity index (χ2v) is 9.63. The summed E-state index contributed by atoms with van der Waals surface area (Å²) in [6.45, 7) is 6.39. The topological polar surface area (TPSA) is 63.1 Å². The number of fused-ring (bicyclic) bond motifs is 1. The number of thiazole rings is 1. The molecule has 4 aromatic rings. The van der Waals surface area contributed by atoms with Gasteiger partial charge in [0.1, 0.15) is 0 Å². The Hall–Kier alpha value is -3.19. The molecule has 6 nitrogen and oxygen atoms in total. The van der Waals surface area contributed by atoms with Crippen molar-refractivity contribution in [2.45, 2.75) is 39.7 Å². The molecule has 170 valence electrons. The second kappa shape index (κ2) is 9.35. The number of nitrogens with one attached hydrogen (secondary N) is 1. The van der Waals surface area contributed by atoms with Crippen LogP contribution in [0.25, 0.3) is 16.0 Å². The molecule has 3 heterocycles. The van der Waals surface area contributed by atoms with E-state index in [1.54, 1.807) is 11.3 Å². The minimum Gasteiger partial charge on any atom is -0.352 e. The highest BCUT2D eigenvalue weighted by Crippen LogP contribution is 2.34. The summed E-state index contributed by atoms with van der Waals surface area (Å²) in [6.07, 6.45) is 2.93. The average molecular weight is 460 g/mol. The van der Waals surface area contributed by atoms with Crippen LogP contribution < -0.4 is 10.2 Å². The number of rotatable bonds is 6. The number of carbonyl (C=O) groups is 1. The largest absolute Gasteiger partial charge is 0.352 e. The Bertz CT molecular complexity index is 1250. The lowest BCUT2D eigenvalue weighted by atomic mass is 9.97. The summed E-state index contributed by atoms with van der Waals surface area (Å²) in [6, 6.07) is 18.6. The van der Waals surface area contributed by atoms with E-state index >= 15 is 0 Å². The molecule has 0 radical (unpaired) electrons. The van der Waals surface area contributed by atoms with Crippen LogP contribution >= 0.6 is 11.3 Å². The molecule has 1 saturated heterocycles. The predicted molar refractivity (Wildman–Crippen MR) is 134 cm³/mol. The summed E-state index contributed by atoms with van der Waals surface area (Å²) in [5.74, 6) is 0.111. The second-order valence-electron chi connectivity index (χ2n) is 8.65. The van der Waals surface area contributed by atoms with Crippen molar-refractivity contribution in [3.63, 3.8) is 0 Å². The first-order valence-electron chi connectivity index (χ1n) is 11.6. The van der Waals surface area contributed by atoms with E-state index in [2.05, 4.69) is 41.4 Å². The molecule has 5 rings (SSSR count). The van der Waals surface area contributed by atoms with Crippen molar-refractivity contribution in [1.29, 1.82) is 0 Å². The van der Waals surface area contributed by atoms with Gasteiger partial charge in [-0.15, -0.1) is 0 Å². The average Bonchev–Trinajstić information content (AvgIpc) is 3.44. The standard InChI is InChI=1S/C26H29N5OS/c1-3-19-11-13-20(14-12-19)16-27-25(32)21-8-7-15-30(17-21)26-28-24-23(33-26)18(2)29-31(24)22-9-5-4-6-10-22/h4-6,9-14,21H,3,7-8,15-17H2,1-2H3,(H,27,32)/t21-/m0/s1. The van der Waals surface area contributed by atoms with Crippen LogP contribution in [0.1, 0.15) is 36.6 Å². The number of aromatic nitrogens is 3. The van der Waals surface area contributed by atoms with Gasteiger partial charge in [0.15, 0.2) is 10.8 Å². The van der Waals surface area contributed by atoms with Crippen LogP contribution in [0.2, 0.25) is 0 Å². The first kappa shape index (κ1) is 21.6. The maximum Gasteiger partial charge on any atom is 0.225 e. The van der Waals surface area contributed by atoms with Gasteiger partial charge in [-0.1, -0.05) is 60.7 Å². The molecule has 0 unspecified atom stereocenters. The molecule has 1 amide bonds. The Morgan fingerprint density at radius 2 is 1.88 bits per heavy atom. The molecule has 1 aliphatic rings. The zero-order valence-corrected chi connectivity index (χ0v) is 19.9. The number of nitrogens with zero attached hydrogens (tertiary/aromatic N) is 4. The van der Waals surface area contributed by atoms with E-state index in [1.807, 2.05) is 41.9 Å². The van der Waals surface area contributed by atoms with Crippen molar-refractivity contribution in [2.75, 3.05) is 18.0 Å². The highest BCUT2D eigenvalue weighted by Gasteiger charge is 2.28. The van der Waals surface area contributed by atoms with E-state index in [1.165, 1.54) is 5.56 Å². The van der Waals surface area contributed by atoms with Crippen molar-refractivity contribution >= 4 is 32.7 Å². The molecule has 0 bridgehead atoms. The summed E-state index contributed by atoms with van der Waals surface area (Å²) in [5, 5.41) is 8.81. The van der Waals surface area contributed by atoms with E-state index in [0.717, 1.165) is 58.2 Å². The molecule has 2 aromatic heterocycles. The number of benzene rings is 2. The Morgan fingerprint density at radius 1 is 1.12 bits per heavy atom. The van der Waals surface area contributed by atoms with E-state index in [-0.39, 0.29) is 11.8 Å². The van der Waals surface area contributed by atoms with Crippen LogP contribution in [0.4, 0.5) is 5.13 Å². The van der Waals surface area contributed by atoms with Crippen molar-refractivity contribution in [3.8, 4) is 5.69 Å². The zero-order valence-electron chi connectivity index (χ0n) is 19.1. The molecule has 0 saturated carbocycles. The van der Waals surface area contributed by atoms with Crippen LogP contribution in [0.5, 0.6) is 0 Å². The summed E-state index contributed by atoms with van der Waals surface area (Å²) in [4.78, 5) is 20.1. The van der Waals surface area contributed by atoms with Gasteiger partial charge >= 0.3 is 0 Å². The smallest absolute Gasteiger partial charge is 0.225 e. The highest BCUT2D eigenvalue weighted by molar-refractivity contribution is 7.22. The number of carbonyl (C=O) groups excluding carboxylic acids is 1. The molecule has 2 aromatic carbocycles. The Balaban J connectivity index is 1.28. The molecule has 1 fully saturated rings. The van der Waals surface area contributed by atoms with Gasteiger partial charge in [-0.05, 0) is 49.4 Å². The SMILES string of the molecule is CCc1ccc(CNC(=O)[C@H]2CCCN(c3nc4c(s3)c(C)nn4-c3ccccc3)C2)cc1. The number of piperidine rings is 1. The number of hydrogen-bond donors (Lipinski definition) is 1. The van der Waals surface area contributed by atoms with E-state index in [0.29, 0.717) is 13.1 Å². The Kier molecular flexibility index (Phi) is 6.13. The fourth-order valence-electron chi connectivity index (χ4n) is 4.40. The molecular weight excluding hydrogens is 430 g/mol. The fourth-order valence-corrected chi connectivity index (χ4v) is 5.42. The number of amides is 1. The molecule has 1 N–H and O–H groups in total. The van der Waals surface area contributed by atoms with Gasteiger partial charge < -0.3 is 10.2 Å². The van der Waals surface area contributed by atoms with Gasteiger partial charge in [0.2, 0.25) is 5.91 Å². The van der Waals surface area contributed by atoms with Gasteiger partial charge in [0.25, 0.3) is 0 Å². The molecule has 0 aliphatic carbocycles.